The summed E-state index contributed by atoms with van der Waals surface area (Å²) in [6.07, 6.45) is 2.06. The predicted molar refractivity (Wildman–Crippen MR) is 107 cm³/mol. The Morgan fingerprint density at radius 3 is 2.90 bits per heavy atom. The molecule has 0 radical (unpaired) electrons. The molecule has 1 aromatic carbocycles. The van der Waals surface area contributed by atoms with Gasteiger partial charge in [0, 0.05) is 24.6 Å². The van der Waals surface area contributed by atoms with Gasteiger partial charge in [0.2, 0.25) is 15.7 Å². The first kappa shape index (κ1) is 20.8. The summed E-state index contributed by atoms with van der Waals surface area (Å²) in [7, 11) is -2.39. The van der Waals surface area contributed by atoms with Crippen molar-refractivity contribution in [1.82, 2.24) is 9.78 Å². The number of ether oxygens (including phenoxy) is 2. The first-order chi connectivity index (χ1) is 14.3. The Labute approximate surface area is 179 Å². The number of benzene rings is 1. The van der Waals surface area contributed by atoms with Crippen molar-refractivity contribution in [3.8, 4) is 11.9 Å². The van der Waals surface area contributed by atoms with Crippen molar-refractivity contribution in [3.63, 3.8) is 0 Å². The first-order valence-corrected chi connectivity index (χ1v) is 11.6. The van der Waals surface area contributed by atoms with Crippen LogP contribution in [0.5, 0.6) is 5.88 Å². The fourth-order valence-electron chi connectivity index (χ4n) is 3.99. The molecule has 0 bridgehead atoms. The number of nitriles is 1. The van der Waals surface area contributed by atoms with Gasteiger partial charge in [-0.25, -0.2) is 13.1 Å². The number of rotatable bonds is 6. The molecule has 30 heavy (non-hydrogen) atoms. The summed E-state index contributed by atoms with van der Waals surface area (Å²) >= 11 is 6.32. The lowest BCUT2D eigenvalue weighted by Gasteiger charge is -2.22. The molecule has 10 heteroatoms. The molecule has 1 aromatic heterocycles. The van der Waals surface area contributed by atoms with Crippen molar-refractivity contribution in [2.75, 3.05) is 19.5 Å². The molecule has 0 saturated carbocycles. The number of hydrogen-bond acceptors (Lipinski definition) is 7. The molecule has 8 nitrogen and oxygen atoms in total. The molecular weight excluding hydrogens is 430 g/mol. The second-order valence-electron chi connectivity index (χ2n) is 7.45. The number of hydrogen-bond donors (Lipinski definition) is 0. The minimum atomic E-state index is -3.94. The van der Waals surface area contributed by atoms with Crippen molar-refractivity contribution in [3.05, 3.63) is 39.4 Å². The fraction of sp³-hybridized carbons (Fsp3) is 0.450. The zero-order valence-electron chi connectivity index (χ0n) is 16.4. The summed E-state index contributed by atoms with van der Waals surface area (Å²) in [6, 6.07) is 5.04. The number of nitrogens with zero attached hydrogens (tertiary/aromatic N) is 3. The van der Waals surface area contributed by atoms with E-state index in [-0.39, 0.29) is 17.6 Å². The van der Waals surface area contributed by atoms with Gasteiger partial charge in [0.25, 0.3) is 0 Å². The lowest BCUT2D eigenvalue weighted by molar-refractivity contribution is -0.116. The molecule has 1 aliphatic heterocycles. The predicted octanol–water partition coefficient (Wildman–Crippen LogP) is 1.89. The van der Waals surface area contributed by atoms with Crippen molar-refractivity contribution in [2.45, 2.75) is 43.4 Å². The van der Waals surface area contributed by atoms with E-state index in [1.54, 1.807) is 13.2 Å². The molecule has 0 spiro atoms. The van der Waals surface area contributed by atoms with Gasteiger partial charge in [-0.05, 0) is 42.0 Å². The number of carbonyl (C=O) groups is 1. The van der Waals surface area contributed by atoms with Crippen molar-refractivity contribution >= 4 is 27.2 Å². The van der Waals surface area contributed by atoms with E-state index in [4.69, 9.17) is 21.1 Å². The number of aromatic nitrogens is 2. The van der Waals surface area contributed by atoms with Crippen LogP contribution in [0.15, 0.2) is 17.2 Å². The number of sulfone groups is 1. The Morgan fingerprint density at radius 2 is 2.17 bits per heavy atom. The van der Waals surface area contributed by atoms with Gasteiger partial charge in [0.15, 0.2) is 10.8 Å². The number of carbonyl (C=O) groups excluding carboxylic acids is 1. The number of fused-ring (bicyclic) bond motifs is 2. The highest BCUT2D eigenvalue weighted by molar-refractivity contribution is 7.92. The van der Waals surface area contributed by atoms with Gasteiger partial charge >= 0.3 is 0 Å². The molecule has 0 saturated heterocycles. The maximum atomic E-state index is 12.8. The molecule has 2 aliphatic rings. The summed E-state index contributed by atoms with van der Waals surface area (Å²) in [5, 5.41) is 13.5. The Bertz CT molecular complexity index is 1170. The van der Waals surface area contributed by atoms with E-state index in [1.807, 2.05) is 0 Å². The third kappa shape index (κ3) is 3.83. The summed E-state index contributed by atoms with van der Waals surface area (Å²) in [5.74, 6) is -0.818. The molecule has 0 fully saturated rings. The summed E-state index contributed by atoms with van der Waals surface area (Å²) in [4.78, 5) is 12.7. The lowest BCUT2D eigenvalue weighted by Crippen LogP contribution is -2.31. The third-order valence-corrected chi connectivity index (χ3v) is 7.35. The zero-order chi connectivity index (χ0) is 21.5. The molecule has 158 valence electrons. The van der Waals surface area contributed by atoms with Crippen LogP contribution in [0.25, 0.3) is 0 Å². The van der Waals surface area contributed by atoms with E-state index in [0.29, 0.717) is 35.2 Å². The number of ketones is 1. The van der Waals surface area contributed by atoms with Crippen LogP contribution in [0, 0.1) is 11.3 Å². The van der Waals surface area contributed by atoms with Crippen LogP contribution >= 0.6 is 11.6 Å². The van der Waals surface area contributed by atoms with E-state index in [9.17, 15) is 18.5 Å². The van der Waals surface area contributed by atoms with Gasteiger partial charge < -0.3 is 9.47 Å². The maximum Gasteiger partial charge on any atom is 0.213 e. The third-order valence-electron chi connectivity index (χ3n) is 5.48. The van der Waals surface area contributed by atoms with Crippen LogP contribution in [0.4, 0.5) is 0 Å². The molecule has 1 atom stereocenters. The van der Waals surface area contributed by atoms with E-state index >= 15 is 0 Å². The lowest BCUT2D eigenvalue weighted by atomic mass is 9.95. The van der Waals surface area contributed by atoms with Crippen molar-refractivity contribution in [2.24, 2.45) is 0 Å². The van der Waals surface area contributed by atoms with Gasteiger partial charge in [0.05, 0.1) is 18.2 Å². The van der Waals surface area contributed by atoms with Gasteiger partial charge in [-0.3, -0.25) is 4.79 Å². The van der Waals surface area contributed by atoms with Gasteiger partial charge in [-0.2, -0.15) is 10.4 Å². The zero-order valence-corrected chi connectivity index (χ0v) is 17.9. The van der Waals surface area contributed by atoms with Gasteiger partial charge in [-0.15, -0.1) is 0 Å². The highest BCUT2D eigenvalue weighted by atomic mass is 35.5. The van der Waals surface area contributed by atoms with Crippen molar-refractivity contribution < 1.29 is 22.7 Å². The van der Waals surface area contributed by atoms with Crippen LogP contribution in [-0.2, 0) is 45.2 Å². The maximum absolute atomic E-state index is 12.8. The van der Waals surface area contributed by atoms with E-state index in [0.717, 1.165) is 30.4 Å². The first-order valence-electron chi connectivity index (χ1n) is 9.53. The molecule has 2 aromatic rings. The molecular formula is C20H20ClN3O5S. The number of halogens is 1. The minimum absolute atomic E-state index is 0.0953. The fourth-order valence-corrected chi connectivity index (χ4v) is 5.45. The Morgan fingerprint density at radius 1 is 1.40 bits per heavy atom. The summed E-state index contributed by atoms with van der Waals surface area (Å²) in [6.45, 7) is 0.686. The Hall–Kier alpha value is -2.41. The summed E-state index contributed by atoms with van der Waals surface area (Å²) < 4.78 is 37.6. The summed E-state index contributed by atoms with van der Waals surface area (Å²) in [5.41, 5.74) is 2.97. The van der Waals surface area contributed by atoms with Gasteiger partial charge in [-0.1, -0.05) is 11.6 Å². The van der Waals surface area contributed by atoms with E-state index in [2.05, 4.69) is 11.2 Å². The average molecular weight is 450 g/mol. The van der Waals surface area contributed by atoms with Crippen LogP contribution < -0.4 is 4.74 Å². The molecule has 4 rings (SSSR count). The topological polar surface area (TPSA) is 111 Å². The monoisotopic (exact) mass is 449 g/mol. The standard InChI is InChI=1S/C20H20ClN3O5S/c1-28-14-9-24-20(29-10-14)7-19(23-24)30(26,27)11-13(25)6-17-16-4-2-3-15(16)12(8-22)5-18(17)21/h5,7,14H,2-4,6,9-11H2,1H3. The highest BCUT2D eigenvalue weighted by Gasteiger charge is 2.29. The Kier molecular flexibility index (Phi) is 5.57. The number of Topliss-reactive ketones (excluding diaryl/α,β-unsaturated/α-hetero) is 1. The largest absolute Gasteiger partial charge is 0.475 e. The van der Waals surface area contributed by atoms with E-state index in [1.165, 1.54) is 10.7 Å². The molecule has 0 N–H and O–H groups in total. The van der Waals surface area contributed by atoms with Crippen LogP contribution in [0.2, 0.25) is 5.02 Å². The molecule has 2 heterocycles. The van der Waals surface area contributed by atoms with Crippen LogP contribution in [-0.4, -0.2) is 49.6 Å². The minimum Gasteiger partial charge on any atom is -0.475 e. The average Bonchev–Trinajstić information content (AvgIpc) is 3.36. The van der Waals surface area contributed by atoms with E-state index < -0.39 is 21.4 Å². The van der Waals surface area contributed by atoms with Crippen LogP contribution in [0.3, 0.4) is 0 Å². The van der Waals surface area contributed by atoms with Gasteiger partial charge in [0.1, 0.15) is 18.5 Å². The quantitative estimate of drug-likeness (QED) is 0.661. The SMILES string of the molecule is COC1COc2cc(S(=O)(=O)CC(=O)Cc3c(Cl)cc(C#N)c4c3CCC4)nn2C1. The second kappa shape index (κ2) is 8.02. The smallest absolute Gasteiger partial charge is 0.213 e. The Balaban J connectivity index is 1.53. The van der Waals surface area contributed by atoms with Crippen molar-refractivity contribution in [1.29, 1.82) is 5.26 Å². The highest BCUT2D eigenvalue weighted by Crippen LogP contribution is 2.34. The van der Waals surface area contributed by atoms with Crippen LogP contribution in [0.1, 0.15) is 28.7 Å². The second-order valence-corrected chi connectivity index (χ2v) is 9.80. The number of methoxy groups -OCH3 is 1. The molecule has 1 unspecified atom stereocenters. The molecule has 0 amide bonds. The normalized spacial score (nSPS) is 17.7. The molecule has 1 aliphatic carbocycles.